The van der Waals surface area contributed by atoms with Gasteiger partial charge in [-0.1, -0.05) is 29.8 Å². The largest absolute Gasteiger partial charge is 0.488 e. The van der Waals surface area contributed by atoms with E-state index in [-0.39, 0.29) is 0 Å². The zero-order valence-corrected chi connectivity index (χ0v) is 11.1. The van der Waals surface area contributed by atoms with Gasteiger partial charge in [-0.3, -0.25) is 0 Å². The van der Waals surface area contributed by atoms with Crippen molar-refractivity contribution in [3.05, 3.63) is 65.4 Å². The van der Waals surface area contributed by atoms with Gasteiger partial charge in [-0.25, -0.2) is 0 Å². The molecule has 0 saturated carbocycles. The van der Waals surface area contributed by atoms with Gasteiger partial charge in [0, 0.05) is 10.9 Å². The molecule has 1 heterocycles. The third-order valence-electron chi connectivity index (χ3n) is 3.29. The van der Waals surface area contributed by atoms with Gasteiger partial charge < -0.3 is 9.15 Å². The number of rotatable bonds is 3. The summed E-state index contributed by atoms with van der Waals surface area (Å²) in [5, 5.41) is 1.13. The van der Waals surface area contributed by atoms with Gasteiger partial charge in [0.1, 0.15) is 17.9 Å². The first-order chi connectivity index (χ1) is 9.24. The van der Waals surface area contributed by atoms with Gasteiger partial charge in [-0.05, 0) is 37.6 Å². The highest BCUT2D eigenvalue weighted by Crippen LogP contribution is 2.24. The van der Waals surface area contributed by atoms with E-state index in [0.717, 1.165) is 27.8 Å². The van der Waals surface area contributed by atoms with E-state index in [2.05, 4.69) is 19.1 Å². The second-order valence-corrected chi connectivity index (χ2v) is 4.81. The van der Waals surface area contributed by atoms with E-state index in [9.17, 15) is 0 Å². The Labute approximate surface area is 112 Å². The Morgan fingerprint density at radius 2 is 1.89 bits per heavy atom. The molecule has 3 rings (SSSR count). The van der Waals surface area contributed by atoms with E-state index in [4.69, 9.17) is 9.15 Å². The molecule has 2 nitrogen and oxygen atoms in total. The van der Waals surface area contributed by atoms with E-state index < -0.39 is 0 Å². The molecule has 0 bridgehead atoms. The highest BCUT2D eigenvalue weighted by Gasteiger charge is 2.07. The lowest BCUT2D eigenvalue weighted by atomic mass is 10.1. The van der Waals surface area contributed by atoms with Crippen LogP contribution in [0.1, 0.15) is 16.7 Å². The first kappa shape index (κ1) is 11.8. The highest BCUT2D eigenvalue weighted by atomic mass is 16.5. The lowest BCUT2D eigenvalue weighted by molar-refractivity contribution is 0.304. The first-order valence-electron chi connectivity index (χ1n) is 6.39. The summed E-state index contributed by atoms with van der Waals surface area (Å²) >= 11 is 0. The third kappa shape index (κ3) is 2.34. The van der Waals surface area contributed by atoms with Crippen molar-refractivity contribution in [3.63, 3.8) is 0 Å². The molecule has 1 aromatic heterocycles. The van der Waals surface area contributed by atoms with Crippen molar-refractivity contribution in [2.75, 3.05) is 0 Å². The summed E-state index contributed by atoms with van der Waals surface area (Å²) in [6.45, 7) is 4.66. The van der Waals surface area contributed by atoms with Gasteiger partial charge in [0.15, 0.2) is 0 Å². The topological polar surface area (TPSA) is 22.4 Å². The molecule has 0 N–H and O–H groups in total. The average molecular weight is 252 g/mol. The second-order valence-electron chi connectivity index (χ2n) is 4.81. The monoisotopic (exact) mass is 252 g/mol. The Morgan fingerprint density at radius 3 is 2.74 bits per heavy atom. The van der Waals surface area contributed by atoms with Crippen LogP contribution in [0.25, 0.3) is 11.0 Å². The Hall–Kier alpha value is -2.22. The van der Waals surface area contributed by atoms with Crippen molar-refractivity contribution in [2.45, 2.75) is 20.5 Å². The van der Waals surface area contributed by atoms with Crippen LogP contribution < -0.4 is 4.74 Å². The van der Waals surface area contributed by atoms with Crippen molar-refractivity contribution in [3.8, 4) is 5.75 Å². The molecular formula is C17H16O2. The molecule has 0 amide bonds. The Kier molecular flexibility index (Phi) is 3.00. The van der Waals surface area contributed by atoms with Crippen molar-refractivity contribution >= 4 is 11.0 Å². The van der Waals surface area contributed by atoms with Crippen molar-refractivity contribution < 1.29 is 9.15 Å². The summed E-state index contributed by atoms with van der Waals surface area (Å²) in [5.41, 5.74) is 4.37. The molecule has 0 spiro atoms. The molecule has 0 aliphatic rings. The SMILES string of the molecule is Cc1ccc2occ(COc3ccccc3C)c2c1. The number of hydrogen-bond donors (Lipinski definition) is 0. The van der Waals surface area contributed by atoms with Gasteiger partial charge in [-0.2, -0.15) is 0 Å². The molecule has 3 aromatic rings. The maximum absolute atomic E-state index is 5.87. The fraction of sp³-hybridized carbons (Fsp3) is 0.176. The minimum atomic E-state index is 0.529. The average Bonchev–Trinajstić information content (AvgIpc) is 2.80. The normalized spacial score (nSPS) is 10.8. The molecule has 0 unspecified atom stereocenters. The smallest absolute Gasteiger partial charge is 0.134 e. The van der Waals surface area contributed by atoms with Crippen LogP contribution in [0, 0.1) is 13.8 Å². The third-order valence-corrected chi connectivity index (χ3v) is 3.29. The number of furan rings is 1. The summed E-state index contributed by atoms with van der Waals surface area (Å²) in [5.74, 6) is 0.921. The molecule has 2 aromatic carbocycles. The quantitative estimate of drug-likeness (QED) is 0.678. The molecule has 96 valence electrons. The second kappa shape index (κ2) is 4.81. The Balaban J connectivity index is 1.86. The highest BCUT2D eigenvalue weighted by molar-refractivity contribution is 5.81. The number of fused-ring (bicyclic) bond motifs is 1. The Morgan fingerprint density at radius 1 is 1.05 bits per heavy atom. The van der Waals surface area contributed by atoms with Crippen LogP contribution in [0.5, 0.6) is 5.75 Å². The predicted molar refractivity (Wildman–Crippen MR) is 76.5 cm³/mol. The van der Waals surface area contributed by atoms with Crippen LogP contribution >= 0.6 is 0 Å². The van der Waals surface area contributed by atoms with Crippen LogP contribution in [0.15, 0.2) is 53.1 Å². The molecule has 0 radical (unpaired) electrons. The zero-order chi connectivity index (χ0) is 13.2. The minimum Gasteiger partial charge on any atom is -0.488 e. The molecule has 0 saturated heterocycles. The molecule has 0 aliphatic heterocycles. The minimum absolute atomic E-state index is 0.529. The summed E-state index contributed by atoms with van der Waals surface area (Å²) < 4.78 is 11.4. The summed E-state index contributed by atoms with van der Waals surface area (Å²) in [7, 11) is 0. The molecular weight excluding hydrogens is 236 g/mol. The predicted octanol–water partition coefficient (Wildman–Crippen LogP) is 4.63. The molecule has 0 aliphatic carbocycles. The van der Waals surface area contributed by atoms with Gasteiger partial charge in [-0.15, -0.1) is 0 Å². The lowest BCUT2D eigenvalue weighted by Gasteiger charge is -2.07. The van der Waals surface area contributed by atoms with E-state index in [1.165, 1.54) is 5.56 Å². The van der Waals surface area contributed by atoms with Crippen LogP contribution in [0.2, 0.25) is 0 Å². The van der Waals surface area contributed by atoms with Crippen LogP contribution in [0.4, 0.5) is 0 Å². The van der Waals surface area contributed by atoms with Gasteiger partial charge >= 0.3 is 0 Å². The number of hydrogen-bond acceptors (Lipinski definition) is 2. The standard InChI is InChI=1S/C17H16O2/c1-12-7-8-17-15(9-12)14(11-19-17)10-18-16-6-4-3-5-13(16)2/h3-9,11H,10H2,1-2H3. The van der Waals surface area contributed by atoms with Crippen molar-refractivity contribution in [1.82, 2.24) is 0 Å². The van der Waals surface area contributed by atoms with E-state index in [1.807, 2.05) is 37.3 Å². The summed E-state index contributed by atoms with van der Waals surface area (Å²) in [6.07, 6.45) is 1.78. The fourth-order valence-electron chi connectivity index (χ4n) is 2.18. The van der Waals surface area contributed by atoms with Crippen molar-refractivity contribution in [2.24, 2.45) is 0 Å². The van der Waals surface area contributed by atoms with Crippen LogP contribution in [0.3, 0.4) is 0 Å². The van der Waals surface area contributed by atoms with Gasteiger partial charge in [0.2, 0.25) is 0 Å². The zero-order valence-electron chi connectivity index (χ0n) is 11.1. The van der Waals surface area contributed by atoms with Gasteiger partial charge in [0.05, 0.1) is 6.26 Å². The lowest BCUT2D eigenvalue weighted by Crippen LogP contribution is -1.95. The number of ether oxygens (including phenoxy) is 1. The van der Waals surface area contributed by atoms with E-state index in [1.54, 1.807) is 6.26 Å². The Bertz CT molecular complexity index is 710. The maximum Gasteiger partial charge on any atom is 0.134 e. The van der Waals surface area contributed by atoms with Crippen molar-refractivity contribution in [1.29, 1.82) is 0 Å². The fourth-order valence-corrected chi connectivity index (χ4v) is 2.18. The molecule has 2 heteroatoms. The number of benzene rings is 2. The molecule has 19 heavy (non-hydrogen) atoms. The number of aryl methyl sites for hydroxylation is 2. The van der Waals surface area contributed by atoms with Crippen LogP contribution in [-0.2, 0) is 6.61 Å². The first-order valence-corrected chi connectivity index (χ1v) is 6.39. The molecule has 0 atom stereocenters. The van der Waals surface area contributed by atoms with E-state index in [0.29, 0.717) is 6.61 Å². The summed E-state index contributed by atoms with van der Waals surface area (Å²) in [4.78, 5) is 0. The maximum atomic E-state index is 5.87. The molecule has 0 fully saturated rings. The summed E-state index contributed by atoms with van der Waals surface area (Å²) in [6, 6.07) is 14.2. The van der Waals surface area contributed by atoms with Gasteiger partial charge in [0.25, 0.3) is 0 Å². The van der Waals surface area contributed by atoms with E-state index >= 15 is 0 Å². The van der Waals surface area contributed by atoms with Crippen LogP contribution in [-0.4, -0.2) is 0 Å². The number of para-hydroxylation sites is 1.